The van der Waals surface area contributed by atoms with Crippen LogP contribution in [0.4, 0.5) is 0 Å². The predicted molar refractivity (Wildman–Crippen MR) is 50.2 cm³/mol. The molecule has 0 aromatic carbocycles. The molecule has 60 valence electrons. The molecule has 0 aromatic heterocycles. The molecule has 0 bridgehead atoms. The Labute approximate surface area is 65.7 Å². The maximum atomic E-state index is 3.74. The number of unbranched alkanes of at least 4 members (excludes halogenated alkanes) is 1. The Morgan fingerprint density at radius 2 is 1.90 bits per heavy atom. The van der Waals surface area contributed by atoms with Gasteiger partial charge in [0.2, 0.25) is 0 Å². The molecule has 0 amide bonds. The average Bonchev–Trinajstić information content (AvgIpc) is 1.92. The van der Waals surface area contributed by atoms with Crippen molar-refractivity contribution in [3.63, 3.8) is 0 Å². The van der Waals surface area contributed by atoms with Crippen molar-refractivity contribution in [1.82, 2.24) is 0 Å². The second-order valence-electron chi connectivity index (χ2n) is 2.04. The molecule has 0 aromatic rings. The Kier molecular flexibility index (Phi) is 13.8. The highest BCUT2D eigenvalue weighted by atomic mass is 13.8. The molecule has 0 heteroatoms. The molecule has 0 fully saturated rings. The molecular weight excluding hydrogens is 120 g/mol. The topological polar surface area (TPSA) is 0 Å². The summed E-state index contributed by atoms with van der Waals surface area (Å²) in [6.45, 7) is 11.9. The zero-order chi connectivity index (χ0) is 8.41. The van der Waals surface area contributed by atoms with E-state index in [4.69, 9.17) is 0 Å². The van der Waals surface area contributed by atoms with Crippen molar-refractivity contribution >= 4 is 0 Å². The second-order valence-corrected chi connectivity index (χ2v) is 2.04. The minimum atomic E-state index is 1.14. The summed E-state index contributed by atoms with van der Waals surface area (Å²) in [5.74, 6) is 0. The first-order valence-corrected chi connectivity index (χ1v) is 4.09. The first-order valence-electron chi connectivity index (χ1n) is 4.09. The maximum Gasteiger partial charge on any atom is -0.0350 e. The molecular formula is C10H20. The Hall–Kier alpha value is -0.520. The van der Waals surface area contributed by atoms with E-state index in [1.807, 2.05) is 20.8 Å². The zero-order valence-corrected chi connectivity index (χ0v) is 7.78. The molecule has 0 radical (unpaired) electrons. The van der Waals surface area contributed by atoms with Crippen molar-refractivity contribution in [2.45, 2.75) is 40.5 Å². The standard InChI is InChI=1S/C8H14.C2H6/c1-4-5-6-7-8(2)3;1-2/h6-7H,2,4-5H2,1,3H3;1-2H3/b7-6-;. The summed E-state index contributed by atoms with van der Waals surface area (Å²) in [4.78, 5) is 0. The van der Waals surface area contributed by atoms with E-state index in [-0.39, 0.29) is 0 Å². The molecule has 0 spiro atoms. The largest absolute Gasteiger partial charge is 0.0961 e. The van der Waals surface area contributed by atoms with Crippen molar-refractivity contribution < 1.29 is 0 Å². The van der Waals surface area contributed by atoms with Gasteiger partial charge in [-0.15, -0.1) is 0 Å². The summed E-state index contributed by atoms with van der Waals surface area (Å²) in [5, 5.41) is 0. The van der Waals surface area contributed by atoms with Gasteiger partial charge >= 0.3 is 0 Å². The van der Waals surface area contributed by atoms with Gasteiger partial charge in [-0.25, -0.2) is 0 Å². The van der Waals surface area contributed by atoms with Crippen LogP contribution >= 0.6 is 0 Å². The molecule has 0 nitrogen and oxygen atoms in total. The summed E-state index contributed by atoms with van der Waals surface area (Å²) in [7, 11) is 0. The predicted octanol–water partition coefficient (Wildman–Crippen LogP) is 3.95. The lowest BCUT2D eigenvalue weighted by Gasteiger charge is -1.83. The normalized spacial score (nSPS) is 8.80. The summed E-state index contributed by atoms with van der Waals surface area (Å²) in [6, 6.07) is 0. The van der Waals surface area contributed by atoms with Gasteiger partial charge in [0.05, 0.1) is 0 Å². The fourth-order valence-corrected chi connectivity index (χ4v) is 0.451. The Morgan fingerprint density at radius 3 is 2.20 bits per heavy atom. The van der Waals surface area contributed by atoms with Crippen molar-refractivity contribution in [1.29, 1.82) is 0 Å². The molecule has 0 N–H and O–H groups in total. The molecule has 0 aliphatic carbocycles. The van der Waals surface area contributed by atoms with Crippen LogP contribution in [-0.2, 0) is 0 Å². The summed E-state index contributed by atoms with van der Waals surface area (Å²) in [5.41, 5.74) is 1.14. The highest BCUT2D eigenvalue weighted by Crippen LogP contribution is 1.93. The van der Waals surface area contributed by atoms with Crippen LogP contribution in [0.3, 0.4) is 0 Å². The molecule has 0 aliphatic heterocycles. The van der Waals surface area contributed by atoms with Crippen LogP contribution in [0.15, 0.2) is 24.3 Å². The average molecular weight is 140 g/mol. The van der Waals surface area contributed by atoms with E-state index in [0.717, 1.165) is 5.57 Å². The van der Waals surface area contributed by atoms with Gasteiger partial charge < -0.3 is 0 Å². The van der Waals surface area contributed by atoms with Gasteiger partial charge in [0.15, 0.2) is 0 Å². The number of hydrogen-bond acceptors (Lipinski definition) is 0. The summed E-state index contributed by atoms with van der Waals surface area (Å²) >= 11 is 0. The van der Waals surface area contributed by atoms with E-state index in [1.165, 1.54) is 12.8 Å². The molecule has 0 atom stereocenters. The third-order valence-corrected chi connectivity index (χ3v) is 0.858. The van der Waals surface area contributed by atoms with Crippen LogP contribution in [0, 0.1) is 0 Å². The fraction of sp³-hybridized carbons (Fsp3) is 0.600. The minimum Gasteiger partial charge on any atom is -0.0961 e. The molecule has 0 saturated carbocycles. The van der Waals surface area contributed by atoms with Crippen molar-refractivity contribution in [3.8, 4) is 0 Å². The first kappa shape index (κ1) is 12.2. The van der Waals surface area contributed by atoms with Gasteiger partial charge in [-0.05, 0) is 13.3 Å². The highest BCUT2D eigenvalue weighted by Gasteiger charge is 1.72. The fourth-order valence-electron chi connectivity index (χ4n) is 0.451. The third kappa shape index (κ3) is 15.6. The second kappa shape index (κ2) is 11.3. The molecule has 0 rings (SSSR count). The van der Waals surface area contributed by atoms with Gasteiger partial charge in [0, 0.05) is 0 Å². The minimum absolute atomic E-state index is 1.14. The Morgan fingerprint density at radius 1 is 1.40 bits per heavy atom. The van der Waals surface area contributed by atoms with E-state index in [1.54, 1.807) is 0 Å². The smallest absolute Gasteiger partial charge is 0.0350 e. The molecule has 10 heavy (non-hydrogen) atoms. The third-order valence-electron chi connectivity index (χ3n) is 0.858. The summed E-state index contributed by atoms with van der Waals surface area (Å²) in [6.07, 6.45) is 6.61. The first-order chi connectivity index (χ1) is 4.77. The van der Waals surface area contributed by atoms with Crippen LogP contribution in [0.1, 0.15) is 40.5 Å². The van der Waals surface area contributed by atoms with Crippen LogP contribution in [0.2, 0.25) is 0 Å². The molecule has 0 aliphatic rings. The van der Waals surface area contributed by atoms with Crippen molar-refractivity contribution in [2.75, 3.05) is 0 Å². The van der Waals surface area contributed by atoms with Gasteiger partial charge in [-0.1, -0.05) is 51.5 Å². The lowest BCUT2D eigenvalue weighted by Crippen LogP contribution is -1.62. The Balaban J connectivity index is 0. The SMILES string of the molecule is C=C(C)/C=C\CCC.CC. The number of rotatable bonds is 3. The van der Waals surface area contributed by atoms with Crippen LogP contribution in [0.25, 0.3) is 0 Å². The van der Waals surface area contributed by atoms with Crippen LogP contribution in [-0.4, -0.2) is 0 Å². The maximum absolute atomic E-state index is 3.74. The van der Waals surface area contributed by atoms with Gasteiger partial charge in [-0.2, -0.15) is 0 Å². The number of allylic oxidation sites excluding steroid dienone is 3. The highest BCUT2D eigenvalue weighted by molar-refractivity contribution is 5.10. The molecule has 0 saturated heterocycles. The molecule has 0 heterocycles. The number of hydrogen-bond donors (Lipinski definition) is 0. The Bertz CT molecular complexity index is 88.2. The zero-order valence-electron chi connectivity index (χ0n) is 7.78. The quantitative estimate of drug-likeness (QED) is 0.521. The van der Waals surface area contributed by atoms with Crippen molar-refractivity contribution in [3.05, 3.63) is 24.3 Å². The van der Waals surface area contributed by atoms with Crippen molar-refractivity contribution in [2.24, 2.45) is 0 Å². The van der Waals surface area contributed by atoms with E-state index >= 15 is 0 Å². The van der Waals surface area contributed by atoms with E-state index in [0.29, 0.717) is 0 Å². The monoisotopic (exact) mass is 140 g/mol. The van der Waals surface area contributed by atoms with Gasteiger partial charge in [-0.3, -0.25) is 0 Å². The van der Waals surface area contributed by atoms with Crippen LogP contribution < -0.4 is 0 Å². The van der Waals surface area contributed by atoms with Crippen LogP contribution in [0.5, 0.6) is 0 Å². The van der Waals surface area contributed by atoms with E-state index < -0.39 is 0 Å². The lowest BCUT2D eigenvalue weighted by molar-refractivity contribution is 0.958. The summed E-state index contributed by atoms with van der Waals surface area (Å²) < 4.78 is 0. The van der Waals surface area contributed by atoms with Gasteiger partial charge in [0.25, 0.3) is 0 Å². The lowest BCUT2D eigenvalue weighted by atomic mass is 10.2. The van der Waals surface area contributed by atoms with E-state index in [2.05, 4.69) is 25.7 Å². The van der Waals surface area contributed by atoms with E-state index in [9.17, 15) is 0 Å². The molecule has 0 unspecified atom stereocenters. The van der Waals surface area contributed by atoms with Gasteiger partial charge in [0.1, 0.15) is 0 Å².